The zero-order valence-corrected chi connectivity index (χ0v) is 15.6. The number of hydrogen-bond acceptors (Lipinski definition) is 5. The molecular formula is C22H23N5O. The standard InChI is InChI=1S/C22H23N5O/c1-13(15-8-17-3-4-18(9-15)25-17)20-6-7-21(27-26-20)19-5-2-14(10-22(19)28)16-11-23-24-12-16/h2,5-7,10-12,15,17-18,25,28H,1,3-4,8-9H2,(H,23,24)/t15?,17-,18?/m0/s1. The average molecular weight is 373 g/mol. The maximum atomic E-state index is 10.5. The van der Waals surface area contributed by atoms with Crippen LogP contribution in [0, 0.1) is 5.92 Å². The maximum absolute atomic E-state index is 10.5. The summed E-state index contributed by atoms with van der Waals surface area (Å²) in [5.41, 5.74) is 5.07. The molecule has 3 N–H and O–H groups in total. The van der Waals surface area contributed by atoms with Gasteiger partial charge < -0.3 is 10.4 Å². The highest BCUT2D eigenvalue weighted by Crippen LogP contribution is 2.38. The second-order valence-corrected chi connectivity index (χ2v) is 7.85. The molecule has 2 fully saturated rings. The van der Waals surface area contributed by atoms with Crippen LogP contribution in [0.5, 0.6) is 5.75 Å². The van der Waals surface area contributed by atoms with Crippen LogP contribution in [0.1, 0.15) is 31.4 Å². The summed E-state index contributed by atoms with van der Waals surface area (Å²) in [5, 5.41) is 29.6. The Morgan fingerprint density at radius 1 is 1.04 bits per heavy atom. The van der Waals surface area contributed by atoms with Gasteiger partial charge in [-0.15, -0.1) is 5.10 Å². The number of phenolic OH excluding ortho intramolecular Hbond substituents is 1. The summed E-state index contributed by atoms with van der Waals surface area (Å²) in [6.45, 7) is 4.32. The van der Waals surface area contributed by atoms with E-state index in [-0.39, 0.29) is 5.75 Å². The van der Waals surface area contributed by atoms with E-state index >= 15 is 0 Å². The molecule has 142 valence electrons. The summed E-state index contributed by atoms with van der Waals surface area (Å²) in [6.07, 6.45) is 8.33. The first-order valence-corrected chi connectivity index (χ1v) is 9.79. The third-order valence-corrected chi connectivity index (χ3v) is 6.06. The van der Waals surface area contributed by atoms with Crippen LogP contribution < -0.4 is 5.32 Å². The summed E-state index contributed by atoms with van der Waals surface area (Å²) < 4.78 is 0. The summed E-state index contributed by atoms with van der Waals surface area (Å²) in [5.74, 6) is 0.649. The molecule has 6 nitrogen and oxygen atoms in total. The highest BCUT2D eigenvalue weighted by molar-refractivity contribution is 5.74. The number of H-pyrrole nitrogens is 1. The van der Waals surface area contributed by atoms with Crippen LogP contribution in [0.2, 0.25) is 0 Å². The lowest BCUT2D eigenvalue weighted by molar-refractivity contribution is 0.351. The lowest BCUT2D eigenvalue weighted by Crippen LogP contribution is -2.38. The zero-order valence-electron chi connectivity index (χ0n) is 15.6. The molecule has 3 aromatic rings. The maximum Gasteiger partial charge on any atom is 0.125 e. The largest absolute Gasteiger partial charge is 0.507 e. The molecule has 2 unspecified atom stereocenters. The number of benzene rings is 1. The van der Waals surface area contributed by atoms with Crippen molar-refractivity contribution in [3.8, 4) is 28.1 Å². The first-order chi connectivity index (χ1) is 13.7. The minimum absolute atomic E-state index is 0.175. The highest BCUT2D eigenvalue weighted by Gasteiger charge is 2.35. The number of phenols is 1. The monoisotopic (exact) mass is 373 g/mol. The number of nitrogens with zero attached hydrogens (tertiary/aromatic N) is 3. The Balaban J connectivity index is 1.36. The van der Waals surface area contributed by atoms with E-state index in [0.29, 0.717) is 29.3 Å². The molecule has 1 aromatic carbocycles. The topological polar surface area (TPSA) is 86.7 Å². The van der Waals surface area contributed by atoms with E-state index in [2.05, 4.69) is 32.3 Å². The van der Waals surface area contributed by atoms with Crippen molar-refractivity contribution in [2.24, 2.45) is 5.92 Å². The first-order valence-electron chi connectivity index (χ1n) is 9.79. The summed E-state index contributed by atoms with van der Waals surface area (Å²) in [4.78, 5) is 0. The second kappa shape index (κ2) is 6.87. The van der Waals surface area contributed by atoms with Crippen LogP contribution in [0.4, 0.5) is 0 Å². The van der Waals surface area contributed by atoms with Crippen LogP contribution in [-0.4, -0.2) is 37.6 Å². The number of piperidine rings is 1. The fraction of sp³-hybridized carbons (Fsp3) is 0.318. The molecule has 0 aliphatic carbocycles. The van der Waals surface area contributed by atoms with Gasteiger partial charge in [0.25, 0.3) is 0 Å². The fourth-order valence-corrected chi connectivity index (χ4v) is 4.53. The number of aromatic nitrogens is 4. The molecule has 6 heteroatoms. The van der Waals surface area contributed by atoms with E-state index in [1.165, 1.54) is 12.8 Å². The average Bonchev–Trinajstić information content (AvgIpc) is 3.37. The van der Waals surface area contributed by atoms with Crippen LogP contribution in [0.15, 0.2) is 49.3 Å². The van der Waals surface area contributed by atoms with Gasteiger partial charge in [-0.05, 0) is 67.0 Å². The van der Waals surface area contributed by atoms with E-state index in [4.69, 9.17) is 0 Å². The van der Waals surface area contributed by atoms with Gasteiger partial charge in [0.05, 0.1) is 17.6 Å². The molecule has 2 bridgehead atoms. The Morgan fingerprint density at radius 3 is 2.50 bits per heavy atom. The molecule has 3 atom stereocenters. The molecular weight excluding hydrogens is 350 g/mol. The number of aromatic hydroxyl groups is 1. The number of allylic oxidation sites excluding steroid dienone is 1. The van der Waals surface area contributed by atoms with Crippen molar-refractivity contribution >= 4 is 5.57 Å². The quantitative estimate of drug-likeness (QED) is 0.648. The van der Waals surface area contributed by atoms with Gasteiger partial charge in [0.1, 0.15) is 5.75 Å². The van der Waals surface area contributed by atoms with E-state index in [0.717, 1.165) is 35.2 Å². The Kier molecular flexibility index (Phi) is 4.20. The van der Waals surface area contributed by atoms with Gasteiger partial charge in [0.2, 0.25) is 0 Å². The third kappa shape index (κ3) is 3.10. The Hall–Kier alpha value is -2.99. The van der Waals surface area contributed by atoms with Crippen LogP contribution in [-0.2, 0) is 0 Å². The molecule has 0 saturated carbocycles. The summed E-state index contributed by atoms with van der Waals surface area (Å²) in [6, 6.07) is 10.7. The first kappa shape index (κ1) is 17.1. The summed E-state index contributed by atoms with van der Waals surface area (Å²) in [7, 11) is 0. The van der Waals surface area contributed by atoms with Gasteiger partial charge in [-0.1, -0.05) is 12.6 Å². The molecule has 2 aliphatic heterocycles. The Bertz CT molecular complexity index is 984. The van der Waals surface area contributed by atoms with Gasteiger partial charge in [-0.3, -0.25) is 5.10 Å². The molecule has 2 aliphatic rings. The molecule has 5 rings (SSSR count). The van der Waals surface area contributed by atoms with Crippen molar-refractivity contribution in [2.75, 3.05) is 0 Å². The molecule has 28 heavy (non-hydrogen) atoms. The van der Waals surface area contributed by atoms with Crippen molar-refractivity contribution in [3.63, 3.8) is 0 Å². The molecule has 0 radical (unpaired) electrons. The van der Waals surface area contributed by atoms with Crippen molar-refractivity contribution in [3.05, 3.63) is 55.0 Å². The normalized spacial score (nSPS) is 23.6. The predicted octanol–water partition coefficient (Wildman–Crippen LogP) is 3.78. The lowest BCUT2D eigenvalue weighted by atomic mass is 9.85. The molecule has 2 aromatic heterocycles. The number of aromatic amines is 1. The number of fused-ring (bicyclic) bond motifs is 2. The van der Waals surface area contributed by atoms with Gasteiger partial charge in [0, 0.05) is 29.4 Å². The summed E-state index contributed by atoms with van der Waals surface area (Å²) >= 11 is 0. The van der Waals surface area contributed by atoms with Crippen molar-refractivity contribution in [2.45, 2.75) is 37.8 Å². The molecule has 4 heterocycles. The van der Waals surface area contributed by atoms with Crippen molar-refractivity contribution in [1.82, 2.24) is 25.7 Å². The minimum Gasteiger partial charge on any atom is -0.507 e. The number of hydrogen-bond donors (Lipinski definition) is 3. The smallest absolute Gasteiger partial charge is 0.125 e. The zero-order chi connectivity index (χ0) is 19.1. The van der Waals surface area contributed by atoms with Crippen molar-refractivity contribution < 1.29 is 5.11 Å². The minimum atomic E-state index is 0.175. The Morgan fingerprint density at radius 2 is 1.86 bits per heavy atom. The number of nitrogens with one attached hydrogen (secondary N) is 2. The van der Waals surface area contributed by atoms with Crippen LogP contribution >= 0.6 is 0 Å². The Labute approximate surface area is 163 Å². The second-order valence-electron chi connectivity index (χ2n) is 7.85. The SMILES string of the molecule is C=C(c1ccc(-c2ccc(-c3cn[nH]c3)cc2O)nn1)C1CC2CC[C@@H](C1)N2. The molecule has 0 amide bonds. The third-order valence-electron chi connectivity index (χ3n) is 6.06. The predicted molar refractivity (Wildman–Crippen MR) is 108 cm³/mol. The van der Waals surface area contributed by atoms with Crippen LogP contribution in [0.3, 0.4) is 0 Å². The van der Waals surface area contributed by atoms with Crippen LogP contribution in [0.25, 0.3) is 28.0 Å². The number of rotatable bonds is 4. The van der Waals surface area contributed by atoms with Gasteiger partial charge in [0.15, 0.2) is 0 Å². The fourth-order valence-electron chi connectivity index (χ4n) is 4.53. The van der Waals surface area contributed by atoms with Gasteiger partial charge in [-0.25, -0.2) is 0 Å². The molecule has 0 spiro atoms. The van der Waals surface area contributed by atoms with Gasteiger partial charge in [-0.2, -0.15) is 10.2 Å². The highest BCUT2D eigenvalue weighted by atomic mass is 16.3. The van der Waals surface area contributed by atoms with E-state index < -0.39 is 0 Å². The lowest BCUT2D eigenvalue weighted by Gasteiger charge is -2.30. The van der Waals surface area contributed by atoms with E-state index in [1.54, 1.807) is 18.5 Å². The van der Waals surface area contributed by atoms with Crippen molar-refractivity contribution in [1.29, 1.82) is 0 Å². The van der Waals surface area contributed by atoms with E-state index in [9.17, 15) is 5.11 Å². The molecule has 2 saturated heterocycles. The van der Waals surface area contributed by atoms with Gasteiger partial charge >= 0.3 is 0 Å². The van der Waals surface area contributed by atoms with E-state index in [1.807, 2.05) is 24.3 Å².